The number of hydrogen-bond acceptors (Lipinski definition) is 6. The molecule has 0 fully saturated rings. The number of hydrogen-bond donors (Lipinski definition) is 1. The number of nitrogens with one attached hydrogen (secondary N) is 1. The molecule has 0 spiro atoms. The van der Waals surface area contributed by atoms with Gasteiger partial charge >= 0.3 is 0 Å². The maximum absolute atomic E-state index is 11.6. The van der Waals surface area contributed by atoms with Gasteiger partial charge in [-0.2, -0.15) is 0 Å². The summed E-state index contributed by atoms with van der Waals surface area (Å²) in [7, 11) is 1.73. The Morgan fingerprint density at radius 2 is 2.33 bits per heavy atom. The van der Waals surface area contributed by atoms with E-state index in [-0.39, 0.29) is 11.7 Å². The first kappa shape index (κ1) is 15.3. The minimum Gasteiger partial charge on any atom is -0.492 e. The highest BCUT2D eigenvalue weighted by molar-refractivity contribution is 7.99. The van der Waals surface area contributed by atoms with E-state index < -0.39 is 0 Å². The monoisotopic (exact) mass is 307 g/mol. The molecule has 0 unspecified atom stereocenters. The molecule has 7 nitrogen and oxygen atoms in total. The van der Waals surface area contributed by atoms with E-state index in [2.05, 4.69) is 20.8 Å². The Labute approximate surface area is 127 Å². The summed E-state index contributed by atoms with van der Waals surface area (Å²) in [6.45, 7) is 2.91. The summed E-state index contributed by atoms with van der Waals surface area (Å²) in [4.78, 5) is 11.6. The number of nitrogens with zero attached hydrogens (tertiary/aromatic N) is 4. The number of carbonyl (C=O) groups excluding carboxylic acids is 1. The second kappa shape index (κ2) is 7.63. The van der Waals surface area contributed by atoms with Gasteiger partial charge < -0.3 is 10.1 Å². The van der Waals surface area contributed by atoms with Gasteiger partial charge in [0.1, 0.15) is 12.4 Å². The fourth-order valence-corrected chi connectivity index (χ4v) is 2.27. The normalized spacial score (nSPS) is 10.4. The van der Waals surface area contributed by atoms with Crippen molar-refractivity contribution in [3.05, 3.63) is 29.8 Å². The Balaban J connectivity index is 1.62. The summed E-state index contributed by atoms with van der Waals surface area (Å²) >= 11 is 1.29. The zero-order valence-corrected chi connectivity index (χ0v) is 12.8. The Hall–Kier alpha value is -2.09. The van der Waals surface area contributed by atoms with Crippen LogP contribution in [0.2, 0.25) is 0 Å². The Morgan fingerprint density at radius 1 is 1.48 bits per heavy atom. The van der Waals surface area contributed by atoms with Gasteiger partial charge in [-0.15, -0.1) is 5.10 Å². The van der Waals surface area contributed by atoms with Crippen LogP contribution in [0.15, 0.2) is 29.4 Å². The molecule has 8 heteroatoms. The van der Waals surface area contributed by atoms with E-state index in [0.29, 0.717) is 18.3 Å². The molecule has 1 heterocycles. The van der Waals surface area contributed by atoms with Gasteiger partial charge in [-0.05, 0) is 35.0 Å². The minimum atomic E-state index is -0.0733. The number of rotatable bonds is 7. The van der Waals surface area contributed by atoms with Crippen LogP contribution in [0.1, 0.15) is 5.56 Å². The van der Waals surface area contributed by atoms with Crippen LogP contribution >= 0.6 is 11.8 Å². The summed E-state index contributed by atoms with van der Waals surface area (Å²) < 4.78 is 7.08. The van der Waals surface area contributed by atoms with E-state index in [4.69, 9.17) is 4.74 Å². The highest BCUT2D eigenvalue weighted by atomic mass is 32.2. The number of carbonyl (C=O) groups is 1. The number of benzene rings is 1. The number of ether oxygens (including phenoxy) is 1. The first-order chi connectivity index (χ1) is 10.1. The number of amides is 1. The fourth-order valence-electron chi connectivity index (χ4n) is 1.59. The van der Waals surface area contributed by atoms with Crippen molar-refractivity contribution in [3.8, 4) is 5.75 Å². The maximum atomic E-state index is 11.6. The van der Waals surface area contributed by atoms with Crippen molar-refractivity contribution < 1.29 is 9.53 Å². The van der Waals surface area contributed by atoms with Crippen LogP contribution in [-0.4, -0.2) is 45.0 Å². The molecule has 0 aliphatic rings. The molecule has 21 heavy (non-hydrogen) atoms. The summed E-state index contributed by atoms with van der Waals surface area (Å²) in [6, 6.07) is 7.80. The number of aromatic nitrogens is 4. The van der Waals surface area contributed by atoms with Crippen LogP contribution in [0, 0.1) is 6.92 Å². The van der Waals surface area contributed by atoms with Crippen molar-refractivity contribution in [3.63, 3.8) is 0 Å². The lowest BCUT2D eigenvalue weighted by Crippen LogP contribution is -2.29. The summed E-state index contributed by atoms with van der Waals surface area (Å²) in [5.41, 5.74) is 1.14. The van der Waals surface area contributed by atoms with E-state index in [0.717, 1.165) is 11.3 Å². The van der Waals surface area contributed by atoms with Gasteiger partial charge in [0.05, 0.1) is 12.3 Å². The largest absolute Gasteiger partial charge is 0.492 e. The molecule has 0 saturated heterocycles. The van der Waals surface area contributed by atoms with Crippen molar-refractivity contribution in [2.24, 2.45) is 7.05 Å². The van der Waals surface area contributed by atoms with Crippen LogP contribution in [0.25, 0.3) is 0 Å². The molecule has 0 aliphatic heterocycles. The first-order valence-electron chi connectivity index (χ1n) is 6.46. The van der Waals surface area contributed by atoms with Crippen molar-refractivity contribution in [1.29, 1.82) is 0 Å². The SMILES string of the molecule is Cc1cccc(OCCNC(=O)CSc2nnnn2C)c1. The van der Waals surface area contributed by atoms with E-state index >= 15 is 0 Å². The van der Waals surface area contributed by atoms with Gasteiger partial charge in [0, 0.05) is 7.05 Å². The van der Waals surface area contributed by atoms with Crippen molar-refractivity contribution >= 4 is 17.7 Å². The number of thioether (sulfide) groups is 1. The third-order valence-corrected chi connectivity index (χ3v) is 3.61. The van der Waals surface area contributed by atoms with Crippen LogP contribution < -0.4 is 10.1 Å². The highest BCUT2D eigenvalue weighted by Gasteiger charge is 2.07. The topological polar surface area (TPSA) is 81.9 Å². The molecule has 2 aromatic rings. The molecular weight excluding hydrogens is 290 g/mol. The zero-order valence-electron chi connectivity index (χ0n) is 11.9. The van der Waals surface area contributed by atoms with Gasteiger partial charge in [0.2, 0.25) is 11.1 Å². The standard InChI is InChI=1S/C13H17N5O2S/c1-10-4-3-5-11(8-10)20-7-6-14-12(19)9-21-13-15-16-17-18(13)2/h3-5,8H,6-7,9H2,1-2H3,(H,14,19). The maximum Gasteiger partial charge on any atom is 0.230 e. The molecule has 2 rings (SSSR count). The van der Waals surface area contributed by atoms with E-state index in [9.17, 15) is 4.79 Å². The molecule has 112 valence electrons. The van der Waals surface area contributed by atoms with Crippen molar-refractivity contribution in [2.75, 3.05) is 18.9 Å². The second-order valence-electron chi connectivity index (χ2n) is 4.39. The lowest BCUT2D eigenvalue weighted by molar-refractivity contribution is -0.118. The highest BCUT2D eigenvalue weighted by Crippen LogP contribution is 2.12. The molecule has 1 aromatic carbocycles. The molecule has 0 bridgehead atoms. The van der Waals surface area contributed by atoms with Crippen LogP contribution in [0.5, 0.6) is 5.75 Å². The van der Waals surface area contributed by atoms with Crippen LogP contribution in [0.4, 0.5) is 0 Å². The smallest absolute Gasteiger partial charge is 0.230 e. The van der Waals surface area contributed by atoms with Crippen LogP contribution in [0.3, 0.4) is 0 Å². The fraction of sp³-hybridized carbons (Fsp3) is 0.385. The predicted octanol–water partition coefficient (Wildman–Crippen LogP) is 0.806. The van der Waals surface area contributed by atoms with Gasteiger partial charge in [0.15, 0.2) is 0 Å². The number of aryl methyl sites for hydroxylation is 2. The molecule has 0 saturated carbocycles. The lowest BCUT2D eigenvalue weighted by atomic mass is 10.2. The average molecular weight is 307 g/mol. The third kappa shape index (κ3) is 5.07. The zero-order chi connectivity index (χ0) is 15.1. The van der Waals surface area contributed by atoms with Gasteiger partial charge in [-0.3, -0.25) is 4.79 Å². The summed E-state index contributed by atoms with van der Waals surface area (Å²) in [6.07, 6.45) is 0. The first-order valence-corrected chi connectivity index (χ1v) is 7.45. The summed E-state index contributed by atoms with van der Waals surface area (Å²) in [5.74, 6) is 1.01. The Morgan fingerprint density at radius 3 is 3.05 bits per heavy atom. The molecule has 1 amide bonds. The van der Waals surface area contributed by atoms with Gasteiger partial charge in [0.25, 0.3) is 0 Å². The average Bonchev–Trinajstić information content (AvgIpc) is 2.87. The van der Waals surface area contributed by atoms with E-state index in [1.807, 2.05) is 31.2 Å². The van der Waals surface area contributed by atoms with Crippen LogP contribution in [-0.2, 0) is 11.8 Å². The molecule has 0 atom stereocenters. The minimum absolute atomic E-state index is 0.0733. The van der Waals surface area contributed by atoms with E-state index in [1.165, 1.54) is 16.4 Å². The van der Waals surface area contributed by atoms with Gasteiger partial charge in [-0.25, -0.2) is 4.68 Å². The van der Waals surface area contributed by atoms with Crippen molar-refractivity contribution in [1.82, 2.24) is 25.5 Å². The quantitative estimate of drug-likeness (QED) is 0.602. The molecule has 1 aromatic heterocycles. The van der Waals surface area contributed by atoms with Crippen molar-refractivity contribution in [2.45, 2.75) is 12.1 Å². The predicted molar refractivity (Wildman–Crippen MR) is 79.2 cm³/mol. The summed E-state index contributed by atoms with van der Waals surface area (Å²) in [5, 5.41) is 14.4. The molecular formula is C13H17N5O2S. The second-order valence-corrected chi connectivity index (χ2v) is 5.33. The van der Waals surface area contributed by atoms with E-state index in [1.54, 1.807) is 7.05 Å². The Bertz CT molecular complexity index is 602. The molecule has 0 radical (unpaired) electrons. The number of tetrazole rings is 1. The van der Waals surface area contributed by atoms with Gasteiger partial charge in [-0.1, -0.05) is 23.9 Å². The Kier molecular flexibility index (Phi) is 5.56. The lowest BCUT2D eigenvalue weighted by Gasteiger charge is -2.08. The third-order valence-electron chi connectivity index (χ3n) is 2.60. The molecule has 0 aliphatic carbocycles. The molecule has 1 N–H and O–H groups in total.